The Morgan fingerprint density at radius 3 is 2.46 bits per heavy atom. The van der Waals surface area contributed by atoms with Gasteiger partial charge in [-0.15, -0.1) is 0 Å². The Balaban J connectivity index is 1.30. The molecule has 2 heterocycles. The predicted octanol–water partition coefficient (Wildman–Crippen LogP) is 4.49. The number of carbonyl (C=O) groups is 1. The average molecular weight is 529 g/mol. The monoisotopic (exact) mass is 528 g/mol. The van der Waals surface area contributed by atoms with Gasteiger partial charge in [-0.05, 0) is 98.6 Å². The van der Waals surface area contributed by atoms with Crippen LogP contribution in [-0.4, -0.2) is 43.4 Å². The maximum Gasteiger partial charge on any atom is 0.294 e. The van der Waals surface area contributed by atoms with Gasteiger partial charge in [-0.2, -0.15) is 0 Å². The molecule has 200 valence electrons. The summed E-state index contributed by atoms with van der Waals surface area (Å²) in [6.45, 7) is 0.0838. The number of aliphatic hydroxyl groups excluding tert-OH is 2. The van der Waals surface area contributed by atoms with Crippen molar-refractivity contribution >= 4 is 27.3 Å². The third kappa shape index (κ3) is 4.59. The lowest BCUT2D eigenvalue weighted by Crippen LogP contribution is -2.39. The van der Waals surface area contributed by atoms with Crippen LogP contribution in [0, 0.1) is 11.3 Å². The minimum atomic E-state index is -3.66. The molecule has 9 heteroatoms. The first kappa shape index (κ1) is 24.9. The van der Waals surface area contributed by atoms with Crippen LogP contribution in [0.2, 0.25) is 0 Å². The van der Waals surface area contributed by atoms with Gasteiger partial charge in [-0.3, -0.25) is 9.52 Å². The number of nitrogens with one attached hydrogen (secondary N) is 1. The summed E-state index contributed by atoms with van der Waals surface area (Å²) in [5.74, 6) is 0.248. The molecule has 0 bridgehead atoms. The maximum absolute atomic E-state index is 13.7. The number of hydrogen-bond acceptors (Lipinski definition) is 6. The van der Waals surface area contributed by atoms with E-state index in [1.54, 1.807) is 23.1 Å². The molecule has 8 nitrogen and oxygen atoms in total. The van der Waals surface area contributed by atoms with E-state index < -0.39 is 22.7 Å². The number of hydrogen-bond donors (Lipinski definition) is 3. The van der Waals surface area contributed by atoms with E-state index in [-0.39, 0.29) is 28.8 Å². The third-order valence-electron chi connectivity index (χ3n) is 9.40. The molecule has 1 aromatic heterocycles. The predicted molar refractivity (Wildman–Crippen MR) is 140 cm³/mol. The number of rotatable bonds is 7. The van der Waals surface area contributed by atoms with Gasteiger partial charge >= 0.3 is 0 Å². The molecule has 1 aliphatic heterocycles. The minimum absolute atomic E-state index is 0.176. The third-order valence-corrected chi connectivity index (χ3v) is 10.7. The van der Waals surface area contributed by atoms with Gasteiger partial charge in [0.05, 0.1) is 12.4 Å². The Bertz CT molecular complexity index is 1280. The molecule has 6 rings (SSSR count). The molecule has 3 fully saturated rings. The lowest BCUT2D eigenvalue weighted by molar-refractivity contribution is 0.0828. The molecule has 3 N–H and O–H groups in total. The van der Waals surface area contributed by atoms with Crippen LogP contribution in [0.4, 0.5) is 11.4 Å². The fourth-order valence-corrected chi connectivity index (χ4v) is 7.72. The molecule has 3 saturated carbocycles. The number of aliphatic hydroxyl groups is 2. The lowest BCUT2D eigenvalue weighted by Gasteiger charge is -2.38. The van der Waals surface area contributed by atoms with Gasteiger partial charge in [0.2, 0.25) is 10.0 Å². The Morgan fingerprint density at radius 1 is 1.08 bits per heavy atom. The molecule has 1 amide bonds. The summed E-state index contributed by atoms with van der Waals surface area (Å²) in [4.78, 5) is 15.5. The number of furan rings is 1. The van der Waals surface area contributed by atoms with Crippen LogP contribution >= 0.6 is 0 Å². The number of nitrogens with zero attached hydrogens (tertiary/aromatic N) is 1. The second-order valence-corrected chi connectivity index (χ2v) is 13.6. The van der Waals surface area contributed by atoms with E-state index in [0.717, 1.165) is 62.6 Å². The van der Waals surface area contributed by atoms with Crippen LogP contribution in [-0.2, 0) is 15.4 Å². The van der Waals surface area contributed by atoms with Crippen LogP contribution in [0.1, 0.15) is 92.2 Å². The fraction of sp³-hybridized carbons (Fsp3) is 0.607. The molecule has 3 aliphatic carbocycles. The summed E-state index contributed by atoms with van der Waals surface area (Å²) in [6, 6.07) is 8.75. The highest BCUT2D eigenvalue weighted by Gasteiger charge is 2.54. The zero-order valence-corrected chi connectivity index (χ0v) is 21.9. The standard InChI is InChI=1S/C28H36N2O6S/c31-15-16-37(34,35)29-20-5-6-22-21(17-20)28(13-11-27(9-10-27)12-14-28)18-30(22)26(33)24-8-7-23(36-24)25(32)19-3-1-2-4-19/h5-8,17,19,25,29,31-32H,1-4,9-16,18H2/t25-/m0/s1. The smallest absolute Gasteiger partial charge is 0.294 e. The Labute approximate surface area is 218 Å². The van der Waals surface area contributed by atoms with Crippen molar-refractivity contribution in [2.24, 2.45) is 11.3 Å². The van der Waals surface area contributed by atoms with Crippen LogP contribution in [0.3, 0.4) is 0 Å². The van der Waals surface area contributed by atoms with Gasteiger partial charge in [-0.25, -0.2) is 8.42 Å². The first-order valence-electron chi connectivity index (χ1n) is 13.6. The number of amides is 1. The summed E-state index contributed by atoms with van der Waals surface area (Å²) < 4.78 is 33.1. The minimum Gasteiger partial charge on any atom is -0.453 e. The van der Waals surface area contributed by atoms with Crippen LogP contribution in [0.25, 0.3) is 0 Å². The second-order valence-electron chi connectivity index (χ2n) is 11.7. The average Bonchev–Trinajstić information content (AvgIpc) is 3.29. The summed E-state index contributed by atoms with van der Waals surface area (Å²) in [5, 5.41) is 19.9. The second kappa shape index (κ2) is 9.13. The molecule has 4 aliphatic rings. The topological polar surface area (TPSA) is 120 Å². The number of carbonyl (C=O) groups excluding carboxylic acids is 1. The molecule has 1 atom stereocenters. The van der Waals surface area contributed by atoms with E-state index in [2.05, 4.69) is 4.72 Å². The van der Waals surface area contributed by atoms with Gasteiger partial charge in [0.25, 0.3) is 5.91 Å². The van der Waals surface area contributed by atoms with Crippen molar-refractivity contribution in [1.29, 1.82) is 0 Å². The molecule has 1 aromatic carbocycles. The molecule has 0 radical (unpaired) electrons. The summed E-state index contributed by atoms with van der Waals surface area (Å²) in [6.07, 6.45) is 10.2. The zero-order chi connectivity index (χ0) is 25.8. The van der Waals surface area contributed by atoms with Crippen LogP contribution < -0.4 is 9.62 Å². The van der Waals surface area contributed by atoms with E-state index in [1.807, 2.05) is 12.1 Å². The quantitative estimate of drug-likeness (QED) is 0.487. The van der Waals surface area contributed by atoms with Crippen LogP contribution in [0.5, 0.6) is 0 Å². The van der Waals surface area contributed by atoms with Crippen molar-refractivity contribution in [3.63, 3.8) is 0 Å². The van der Waals surface area contributed by atoms with Crippen molar-refractivity contribution in [3.05, 3.63) is 47.4 Å². The normalized spacial score (nSPS) is 22.9. The van der Waals surface area contributed by atoms with Crippen molar-refractivity contribution in [2.75, 3.05) is 28.5 Å². The summed E-state index contributed by atoms with van der Waals surface area (Å²) in [7, 11) is -3.66. The molecule has 2 spiro atoms. The number of anilines is 2. The van der Waals surface area contributed by atoms with E-state index in [4.69, 9.17) is 9.52 Å². The molecule has 0 unspecified atom stereocenters. The molecular formula is C28H36N2O6S. The van der Waals surface area contributed by atoms with Crippen LogP contribution in [0.15, 0.2) is 34.7 Å². The number of sulfonamides is 1. The highest BCUT2D eigenvalue weighted by Crippen LogP contribution is 2.62. The van der Waals surface area contributed by atoms with Crippen molar-refractivity contribution in [1.82, 2.24) is 0 Å². The first-order chi connectivity index (χ1) is 17.7. The van der Waals surface area contributed by atoms with E-state index in [1.165, 1.54) is 12.8 Å². The Hall–Kier alpha value is -2.36. The van der Waals surface area contributed by atoms with Gasteiger partial charge in [0.15, 0.2) is 5.76 Å². The summed E-state index contributed by atoms with van der Waals surface area (Å²) in [5.41, 5.74) is 2.48. The van der Waals surface area contributed by atoms with Gasteiger partial charge < -0.3 is 19.5 Å². The van der Waals surface area contributed by atoms with E-state index >= 15 is 0 Å². The molecule has 0 saturated heterocycles. The highest BCUT2D eigenvalue weighted by molar-refractivity contribution is 7.92. The highest BCUT2D eigenvalue weighted by atomic mass is 32.2. The van der Waals surface area contributed by atoms with E-state index in [0.29, 0.717) is 23.4 Å². The number of fused-ring (bicyclic) bond motifs is 2. The molecular weight excluding hydrogens is 492 g/mol. The van der Waals surface area contributed by atoms with Gasteiger partial charge in [0.1, 0.15) is 11.9 Å². The largest absolute Gasteiger partial charge is 0.453 e. The van der Waals surface area contributed by atoms with Gasteiger partial charge in [0, 0.05) is 23.3 Å². The number of benzene rings is 1. The van der Waals surface area contributed by atoms with Gasteiger partial charge in [-0.1, -0.05) is 12.8 Å². The molecule has 2 aromatic rings. The van der Waals surface area contributed by atoms with E-state index in [9.17, 15) is 18.3 Å². The fourth-order valence-electron chi connectivity index (χ4n) is 6.89. The van der Waals surface area contributed by atoms with Crippen molar-refractivity contribution < 1.29 is 27.8 Å². The molecule has 37 heavy (non-hydrogen) atoms. The Morgan fingerprint density at radius 2 is 1.78 bits per heavy atom. The Kier molecular flexibility index (Phi) is 6.16. The van der Waals surface area contributed by atoms with Crippen molar-refractivity contribution in [2.45, 2.75) is 75.7 Å². The van der Waals surface area contributed by atoms with Crippen molar-refractivity contribution in [3.8, 4) is 0 Å². The first-order valence-corrected chi connectivity index (χ1v) is 15.2. The summed E-state index contributed by atoms with van der Waals surface area (Å²) >= 11 is 0. The SMILES string of the molecule is O=C(c1ccc([C@@H](O)C2CCCC2)o1)N1CC2(CCC3(CC3)CC2)c2cc(NS(=O)(=O)CCO)ccc21. The lowest BCUT2D eigenvalue weighted by atomic mass is 9.66. The zero-order valence-electron chi connectivity index (χ0n) is 21.1. The maximum atomic E-state index is 13.7.